The van der Waals surface area contributed by atoms with Crippen LogP contribution in [0, 0.1) is 17.6 Å². The van der Waals surface area contributed by atoms with Gasteiger partial charge in [-0.05, 0) is 77.6 Å². The number of alkyl halides is 4. The van der Waals surface area contributed by atoms with Gasteiger partial charge in [0.15, 0.2) is 5.82 Å². The Morgan fingerprint density at radius 3 is 2.32 bits per heavy atom. The Morgan fingerprint density at radius 1 is 0.969 bits per heavy atom. The van der Waals surface area contributed by atoms with Gasteiger partial charge in [0, 0.05) is 31.0 Å². The highest BCUT2D eigenvalue weighted by molar-refractivity contribution is 7.92. The summed E-state index contributed by atoms with van der Waals surface area (Å²) in [6, 6.07) is 12.1. The number of nitrogens with one attached hydrogen (secondary N) is 2. The fraction of sp³-hybridized carbons (Fsp3) is 0.238. The van der Waals surface area contributed by atoms with E-state index >= 15 is 13.6 Å². The molecule has 1 amide bonds. The third kappa shape index (κ3) is 7.73. The maximum Gasteiger partial charge on any atom is 0.337 e. The molecule has 4 aromatic carbocycles. The lowest BCUT2D eigenvalue weighted by atomic mass is 10.0. The molecule has 1 fully saturated rings. The van der Waals surface area contributed by atoms with Crippen LogP contribution in [0.25, 0.3) is 38.6 Å². The summed E-state index contributed by atoms with van der Waals surface area (Å²) in [6.07, 6.45) is -2.92. The first-order chi connectivity index (χ1) is 30.6. The fourth-order valence-electron chi connectivity index (χ4n) is 8.63. The summed E-state index contributed by atoms with van der Waals surface area (Å²) in [5.74, 6) is -10.7. The van der Waals surface area contributed by atoms with Crippen molar-refractivity contribution in [2.24, 2.45) is 13.0 Å². The normalized spacial score (nSPS) is 16.8. The van der Waals surface area contributed by atoms with Crippen molar-refractivity contribution in [1.29, 1.82) is 0 Å². The molecule has 3 atom stereocenters. The molecule has 0 bridgehead atoms. The second-order valence-corrected chi connectivity index (χ2v) is 18.3. The van der Waals surface area contributed by atoms with E-state index in [0.717, 1.165) is 23.0 Å². The molecule has 23 heteroatoms. The highest BCUT2D eigenvalue weighted by Gasteiger charge is 2.67. The Labute approximate surface area is 372 Å². The van der Waals surface area contributed by atoms with E-state index in [1.807, 2.05) is 0 Å². The van der Waals surface area contributed by atoms with Crippen molar-refractivity contribution >= 4 is 72.7 Å². The molecule has 2 aliphatic carbocycles. The summed E-state index contributed by atoms with van der Waals surface area (Å²) in [7, 11) is -2.53. The van der Waals surface area contributed by atoms with Crippen LogP contribution < -0.4 is 15.6 Å². The van der Waals surface area contributed by atoms with Crippen molar-refractivity contribution in [3.05, 3.63) is 133 Å². The van der Waals surface area contributed by atoms with E-state index in [-0.39, 0.29) is 72.3 Å². The monoisotopic (exact) mass is 958 g/mol. The molecule has 14 nitrogen and oxygen atoms in total. The zero-order valence-electron chi connectivity index (χ0n) is 33.4. The van der Waals surface area contributed by atoms with Crippen LogP contribution in [0.2, 0.25) is 10.0 Å². The number of carbonyl (C=O) groups is 2. The molecule has 9 rings (SSSR count). The number of benzene rings is 4. The van der Waals surface area contributed by atoms with Crippen LogP contribution in [0.4, 0.5) is 32.2 Å². The predicted molar refractivity (Wildman–Crippen MR) is 225 cm³/mol. The first-order valence-corrected chi connectivity index (χ1v) is 22.0. The van der Waals surface area contributed by atoms with Crippen LogP contribution in [0.5, 0.6) is 0 Å². The lowest BCUT2D eigenvalue weighted by Gasteiger charge is -2.24. The molecule has 0 radical (unpaired) electrons. The maximum atomic E-state index is 15.6. The van der Waals surface area contributed by atoms with Gasteiger partial charge in [-0.2, -0.15) is 19.0 Å². The molecular formula is C42H30Cl2F6N8O6S. The van der Waals surface area contributed by atoms with Gasteiger partial charge in [-0.1, -0.05) is 35.3 Å². The minimum absolute atomic E-state index is 0.0101. The Balaban J connectivity index is 1.27. The van der Waals surface area contributed by atoms with Gasteiger partial charge in [0.1, 0.15) is 35.4 Å². The number of carbonyl (C=O) groups excluding carboxylic acids is 1. The molecule has 1 saturated carbocycles. The highest BCUT2D eigenvalue weighted by atomic mass is 35.5. The van der Waals surface area contributed by atoms with Gasteiger partial charge >= 0.3 is 5.97 Å². The smallest absolute Gasteiger partial charge is 0.337 e. The Hall–Kier alpha value is -6.45. The van der Waals surface area contributed by atoms with Crippen LogP contribution >= 0.6 is 23.2 Å². The van der Waals surface area contributed by atoms with Crippen LogP contribution in [0.1, 0.15) is 63.5 Å². The summed E-state index contributed by atoms with van der Waals surface area (Å²) < 4.78 is 119. The van der Waals surface area contributed by atoms with E-state index in [0.29, 0.717) is 21.9 Å². The number of fused-ring (bicyclic) bond motifs is 5. The third-order valence-corrected chi connectivity index (χ3v) is 12.5. The number of carboxylic acid groups (broad SMARTS) is 1. The molecule has 0 unspecified atom stereocenters. The summed E-state index contributed by atoms with van der Waals surface area (Å²) in [6.45, 7) is -1.03. The lowest BCUT2D eigenvalue weighted by molar-refractivity contribution is -0.123. The number of aryl methyl sites for hydroxylation is 1. The van der Waals surface area contributed by atoms with Crippen molar-refractivity contribution in [3.63, 3.8) is 0 Å². The second-order valence-electron chi connectivity index (χ2n) is 15.8. The minimum atomic E-state index is -3.95. The first kappa shape index (κ1) is 43.8. The van der Waals surface area contributed by atoms with Crippen LogP contribution in [-0.4, -0.2) is 60.8 Å². The fourth-order valence-corrected chi connectivity index (χ4v) is 9.56. The summed E-state index contributed by atoms with van der Waals surface area (Å²) in [5.41, 5.74) is -2.52. The van der Waals surface area contributed by atoms with Gasteiger partial charge in [-0.15, -0.1) is 0 Å². The number of hydrogen-bond donors (Lipinski definition) is 3. The van der Waals surface area contributed by atoms with E-state index in [2.05, 4.69) is 20.2 Å². The average molecular weight is 960 g/mol. The van der Waals surface area contributed by atoms with E-state index < -0.39 is 93.7 Å². The largest absolute Gasteiger partial charge is 0.478 e. The number of aromatic carboxylic acids is 1. The molecular weight excluding hydrogens is 929 g/mol. The van der Waals surface area contributed by atoms with Crippen LogP contribution in [-0.2, 0) is 40.8 Å². The van der Waals surface area contributed by atoms with Crippen LogP contribution in [0.15, 0.2) is 71.5 Å². The van der Waals surface area contributed by atoms with Gasteiger partial charge in [-0.3, -0.25) is 28.2 Å². The molecule has 3 aromatic heterocycles. The van der Waals surface area contributed by atoms with Gasteiger partial charge in [0.05, 0.1) is 55.4 Å². The van der Waals surface area contributed by atoms with Crippen LogP contribution in [0.3, 0.4) is 0 Å². The highest BCUT2D eigenvalue weighted by Crippen LogP contribution is 2.68. The molecule has 3 heterocycles. The molecule has 336 valence electrons. The standard InChI is InChI=1S/C42H30Cl2F6N8O6S/c1-56-35-30(8-7-27(44)33(35)38(54-56)55-65(2,63)64)58-39(52-28-13-19(3-5-22(28)40(58)60)18-4-6-26(43)24(12-18)41(61)62)29(11-17-9-20(45)14-21(46)10-17)51-31(59)16-57-36-32(34(53-57)37(47)48)23-15-25(23)42(36,49)50/h3-10,12-14,23,25,29,37H,11,15-16H2,1-2H3,(H,51,59)(H,54,55)(H,61,62)/t23-,25+,29-/m0/s1. The topological polar surface area (TPSA) is 183 Å². The SMILES string of the molecule is Cn1nc(NS(C)(=O)=O)c2c(Cl)ccc(-n3c([C@H](Cc4cc(F)cc(F)c4)NC(=O)Cn4nc(C(F)F)c5c4C(F)(F)[C@@H]4C[C@H]54)nc4cc(-c5ccc(Cl)c(C(=O)O)c5)ccc4c3=O)c21. The Kier molecular flexibility index (Phi) is 10.5. The Bertz CT molecular complexity index is 3360. The maximum absolute atomic E-state index is 15.6. The number of sulfonamides is 1. The van der Waals surface area contributed by atoms with Crippen molar-refractivity contribution in [3.8, 4) is 16.8 Å². The quantitative estimate of drug-likeness (QED) is 0.102. The summed E-state index contributed by atoms with van der Waals surface area (Å²) in [5, 5.41) is 20.3. The predicted octanol–water partition coefficient (Wildman–Crippen LogP) is 8.04. The van der Waals surface area contributed by atoms with Gasteiger partial charge in [-0.25, -0.2) is 35.8 Å². The number of rotatable bonds is 12. The molecule has 65 heavy (non-hydrogen) atoms. The van der Waals surface area contributed by atoms with Crippen molar-refractivity contribution < 1.29 is 49.5 Å². The molecule has 7 aromatic rings. The zero-order valence-corrected chi connectivity index (χ0v) is 35.7. The Morgan fingerprint density at radius 2 is 1.65 bits per heavy atom. The number of nitrogens with zero attached hydrogens (tertiary/aromatic N) is 6. The summed E-state index contributed by atoms with van der Waals surface area (Å²) >= 11 is 12.7. The average Bonchev–Trinajstić information content (AvgIpc) is 3.75. The lowest BCUT2D eigenvalue weighted by Crippen LogP contribution is -2.38. The van der Waals surface area contributed by atoms with Crippen molar-refractivity contribution in [1.82, 2.24) is 34.4 Å². The number of hydrogen-bond acceptors (Lipinski definition) is 8. The van der Waals surface area contributed by atoms with E-state index in [1.54, 1.807) is 0 Å². The number of aromatic nitrogens is 6. The molecule has 3 N–H and O–H groups in total. The number of carboxylic acids is 1. The number of amides is 1. The second kappa shape index (κ2) is 15.6. The molecule has 0 saturated heterocycles. The van der Waals surface area contributed by atoms with Gasteiger partial charge < -0.3 is 10.4 Å². The van der Waals surface area contributed by atoms with Crippen molar-refractivity contribution in [2.45, 2.75) is 43.7 Å². The zero-order chi connectivity index (χ0) is 46.6. The first-order valence-electron chi connectivity index (χ1n) is 19.4. The number of anilines is 1. The minimum Gasteiger partial charge on any atom is -0.478 e. The molecule has 0 spiro atoms. The number of halogens is 8. The van der Waals surface area contributed by atoms with E-state index in [1.165, 1.54) is 60.3 Å². The van der Waals surface area contributed by atoms with Gasteiger partial charge in [0.25, 0.3) is 17.9 Å². The van der Waals surface area contributed by atoms with E-state index in [4.69, 9.17) is 28.2 Å². The van der Waals surface area contributed by atoms with Gasteiger partial charge in [0.2, 0.25) is 15.9 Å². The molecule has 0 aliphatic heterocycles. The summed E-state index contributed by atoms with van der Waals surface area (Å²) in [4.78, 5) is 46.0. The third-order valence-electron chi connectivity index (χ3n) is 11.3. The molecule has 2 aliphatic rings. The van der Waals surface area contributed by atoms with Crippen molar-refractivity contribution in [2.75, 3.05) is 11.0 Å². The van der Waals surface area contributed by atoms with E-state index in [9.17, 15) is 40.7 Å².